The molecule has 3 aromatic rings. The van der Waals surface area contributed by atoms with Gasteiger partial charge in [-0.25, -0.2) is 0 Å². The van der Waals surface area contributed by atoms with Gasteiger partial charge in [-0.1, -0.05) is 52.8 Å². The number of carbonyl (C=O) groups is 1. The molecule has 0 unspecified atom stereocenters. The maximum atomic E-state index is 12.3. The fourth-order valence-corrected chi connectivity index (χ4v) is 3.23. The number of hydrogen-bond donors (Lipinski definition) is 1. The van der Waals surface area contributed by atoms with E-state index >= 15 is 0 Å². The van der Waals surface area contributed by atoms with Crippen molar-refractivity contribution < 1.29 is 9.53 Å². The number of anilines is 1. The smallest absolute Gasteiger partial charge is 0.286 e. The summed E-state index contributed by atoms with van der Waals surface area (Å²) in [5.74, 6) is 0.455. The zero-order valence-electron chi connectivity index (χ0n) is 14.9. The highest BCUT2D eigenvalue weighted by atomic mass is 35.5. The molecule has 1 aromatic heterocycles. The Labute approximate surface area is 166 Å². The van der Waals surface area contributed by atoms with Crippen molar-refractivity contribution in [3.8, 4) is 5.75 Å². The Bertz CT molecular complexity index is 967. The van der Waals surface area contributed by atoms with Gasteiger partial charge in [-0.3, -0.25) is 4.79 Å². The van der Waals surface area contributed by atoms with Gasteiger partial charge in [-0.05, 0) is 49.8 Å². The summed E-state index contributed by atoms with van der Waals surface area (Å²) in [5.41, 5.74) is 2.71. The number of hydrogen-bond acceptors (Lipinski definition) is 5. The second-order valence-corrected chi connectivity index (χ2v) is 7.12. The van der Waals surface area contributed by atoms with Crippen molar-refractivity contribution in [2.75, 3.05) is 11.9 Å². The van der Waals surface area contributed by atoms with Crippen molar-refractivity contribution in [1.29, 1.82) is 0 Å². The zero-order valence-corrected chi connectivity index (χ0v) is 16.5. The van der Waals surface area contributed by atoms with E-state index in [4.69, 9.17) is 16.3 Å². The van der Waals surface area contributed by atoms with E-state index in [1.54, 1.807) is 6.08 Å². The first-order valence-electron chi connectivity index (χ1n) is 8.37. The van der Waals surface area contributed by atoms with Crippen molar-refractivity contribution in [2.24, 2.45) is 0 Å². The molecule has 5 nitrogen and oxygen atoms in total. The highest BCUT2D eigenvalue weighted by Gasteiger charge is 2.15. The van der Waals surface area contributed by atoms with Crippen LogP contribution in [0.1, 0.15) is 32.9 Å². The summed E-state index contributed by atoms with van der Waals surface area (Å²) in [6.07, 6.45) is 1.77. The maximum absolute atomic E-state index is 12.3. The van der Waals surface area contributed by atoms with E-state index < -0.39 is 0 Å². The van der Waals surface area contributed by atoms with Gasteiger partial charge in [-0.2, -0.15) is 0 Å². The molecule has 0 bridgehead atoms. The van der Waals surface area contributed by atoms with Crippen LogP contribution < -0.4 is 10.1 Å². The predicted octanol–water partition coefficient (Wildman–Crippen LogP) is 5.23. The van der Waals surface area contributed by atoms with Crippen molar-refractivity contribution >= 4 is 45.6 Å². The average molecular weight is 400 g/mol. The molecule has 0 atom stereocenters. The first-order chi connectivity index (χ1) is 13.0. The molecular weight excluding hydrogens is 382 g/mol. The molecule has 0 saturated heterocycles. The number of aryl methyl sites for hydroxylation is 1. The molecule has 7 heteroatoms. The summed E-state index contributed by atoms with van der Waals surface area (Å²) in [6, 6.07) is 15.1. The van der Waals surface area contributed by atoms with Crippen LogP contribution in [0, 0.1) is 6.92 Å². The Morgan fingerprint density at radius 3 is 2.67 bits per heavy atom. The molecule has 0 spiro atoms. The van der Waals surface area contributed by atoms with Crippen molar-refractivity contribution in [3.05, 3.63) is 69.7 Å². The SMILES string of the molecule is CCOc1cccc(/C=C(\Cl)c2nnc(C(=O)Nc3ccc(C)cc3)s2)c1. The minimum absolute atomic E-state index is 0.250. The Morgan fingerprint density at radius 1 is 1.19 bits per heavy atom. The summed E-state index contributed by atoms with van der Waals surface area (Å²) in [7, 11) is 0. The van der Waals surface area contributed by atoms with Gasteiger partial charge < -0.3 is 10.1 Å². The standard InChI is InChI=1S/C20H18ClN3O2S/c1-3-26-16-6-4-5-14(11-16)12-17(21)19-23-24-20(27-19)18(25)22-15-9-7-13(2)8-10-15/h4-12H,3H2,1-2H3,(H,22,25)/b17-12-. The molecule has 138 valence electrons. The number of halogens is 1. The van der Waals surface area contributed by atoms with Crippen molar-refractivity contribution in [2.45, 2.75) is 13.8 Å². The normalized spacial score (nSPS) is 11.3. The van der Waals surface area contributed by atoms with E-state index in [1.165, 1.54) is 0 Å². The average Bonchev–Trinajstić information content (AvgIpc) is 3.15. The van der Waals surface area contributed by atoms with E-state index in [2.05, 4.69) is 15.5 Å². The van der Waals surface area contributed by atoms with Crippen LogP contribution in [0.5, 0.6) is 5.75 Å². The number of nitrogens with one attached hydrogen (secondary N) is 1. The molecule has 3 rings (SSSR count). The Morgan fingerprint density at radius 2 is 1.93 bits per heavy atom. The molecule has 1 heterocycles. The largest absolute Gasteiger partial charge is 0.494 e. The predicted molar refractivity (Wildman–Crippen MR) is 110 cm³/mol. The summed E-state index contributed by atoms with van der Waals surface area (Å²) in [4.78, 5) is 12.3. The second kappa shape index (κ2) is 8.79. The first kappa shape index (κ1) is 19.1. The Hall–Kier alpha value is -2.70. The summed E-state index contributed by atoms with van der Waals surface area (Å²) >= 11 is 7.50. The highest BCUT2D eigenvalue weighted by molar-refractivity contribution is 7.15. The van der Waals surface area contributed by atoms with E-state index in [-0.39, 0.29) is 10.9 Å². The quantitative estimate of drug-likeness (QED) is 0.616. The summed E-state index contributed by atoms with van der Waals surface area (Å²) in [5, 5.41) is 11.9. The molecule has 0 aliphatic carbocycles. The van der Waals surface area contributed by atoms with Crippen LogP contribution in [-0.2, 0) is 0 Å². The third kappa shape index (κ3) is 5.15. The van der Waals surface area contributed by atoms with E-state index in [1.807, 2.05) is 62.4 Å². The van der Waals surface area contributed by atoms with Crippen molar-refractivity contribution in [3.63, 3.8) is 0 Å². The van der Waals surface area contributed by atoms with E-state index in [9.17, 15) is 4.79 Å². The van der Waals surface area contributed by atoms with Gasteiger partial charge in [0.25, 0.3) is 5.91 Å². The van der Waals surface area contributed by atoms with Crippen LogP contribution in [-0.4, -0.2) is 22.7 Å². The van der Waals surface area contributed by atoms with Crippen LogP contribution in [0.4, 0.5) is 5.69 Å². The van der Waals surface area contributed by atoms with Crippen LogP contribution in [0.25, 0.3) is 11.1 Å². The number of nitrogens with zero attached hydrogens (tertiary/aromatic N) is 2. The lowest BCUT2D eigenvalue weighted by atomic mass is 10.2. The number of aromatic nitrogens is 2. The number of ether oxygens (including phenoxy) is 1. The van der Waals surface area contributed by atoms with Crippen LogP contribution in [0.3, 0.4) is 0 Å². The Kier molecular flexibility index (Phi) is 6.21. The molecule has 1 N–H and O–H groups in total. The molecule has 0 aliphatic heterocycles. The molecule has 2 aromatic carbocycles. The lowest BCUT2D eigenvalue weighted by Crippen LogP contribution is -2.11. The number of carbonyl (C=O) groups excluding carboxylic acids is 1. The van der Waals surface area contributed by atoms with Crippen LogP contribution >= 0.6 is 22.9 Å². The molecule has 0 saturated carbocycles. The number of benzene rings is 2. The van der Waals surface area contributed by atoms with Gasteiger partial charge in [0.1, 0.15) is 5.75 Å². The monoisotopic (exact) mass is 399 g/mol. The maximum Gasteiger partial charge on any atom is 0.286 e. The van der Waals surface area contributed by atoms with Gasteiger partial charge in [0, 0.05) is 5.69 Å². The van der Waals surface area contributed by atoms with Gasteiger partial charge in [0.15, 0.2) is 5.01 Å². The van der Waals surface area contributed by atoms with Crippen molar-refractivity contribution in [1.82, 2.24) is 10.2 Å². The van der Waals surface area contributed by atoms with Gasteiger partial charge >= 0.3 is 0 Å². The highest BCUT2D eigenvalue weighted by Crippen LogP contribution is 2.27. The topological polar surface area (TPSA) is 64.1 Å². The lowest BCUT2D eigenvalue weighted by molar-refractivity contribution is 0.102. The third-order valence-corrected chi connectivity index (χ3v) is 4.95. The molecule has 0 aliphatic rings. The fourth-order valence-electron chi connectivity index (χ4n) is 2.30. The van der Waals surface area contributed by atoms with Gasteiger partial charge in [-0.15, -0.1) is 10.2 Å². The first-order valence-corrected chi connectivity index (χ1v) is 9.56. The van der Waals surface area contributed by atoms with Gasteiger partial charge in [0.2, 0.25) is 5.01 Å². The van der Waals surface area contributed by atoms with E-state index in [0.717, 1.165) is 28.2 Å². The Balaban J connectivity index is 1.73. The molecule has 0 fully saturated rings. The lowest BCUT2D eigenvalue weighted by Gasteiger charge is -2.03. The van der Waals surface area contributed by atoms with Gasteiger partial charge in [0.05, 0.1) is 11.6 Å². The summed E-state index contributed by atoms with van der Waals surface area (Å²) < 4.78 is 5.48. The minimum Gasteiger partial charge on any atom is -0.494 e. The zero-order chi connectivity index (χ0) is 19.2. The third-order valence-electron chi connectivity index (χ3n) is 3.60. The van der Waals surface area contributed by atoms with Crippen LogP contribution in [0.2, 0.25) is 0 Å². The number of rotatable bonds is 6. The molecule has 27 heavy (non-hydrogen) atoms. The molecular formula is C20H18ClN3O2S. The molecule has 0 radical (unpaired) electrons. The number of amides is 1. The second-order valence-electron chi connectivity index (χ2n) is 5.73. The van der Waals surface area contributed by atoms with Crippen LogP contribution in [0.15, 0.2) is 48.5 Å². The molecule has 1 amide bonds. The fraction of sp³-hybridized carbons (Fsp3) is 0.150. The van der Waals surface area contributed by atoms with E-state index in [0.29, 0.717) is 22.3 Å². The minimum atomic E-state index is -0.314. The summed E-state index contributed by atoms with van der Waals surface area (Å²) in [6.45, 7) is 4.51.